The first-order valence-electron chi connectivity index (χ1n) is 7.74. The summed E-state index contributed by atoms with van der Waals surface area (Å²) in [4.78, 5) is 24.1. The van der Waals surface area contributed by atoms with Gasteiger partial charge in [0.25, 0.3) is 5.91 Å². The van der Waals surface area contributed by atoms with Gasteiger partial charge in [0, 0.05) is 11.4 Å². The van der Waals surface area contributed by atoms with Gasteiger partial charge < -0.3 is 25.4 Å². The Morgan fingerprint density at radius 1 is 1.08 bits per heavy atom. The summed E-state index contributed by atoms with van der Waals surface area (Å²) < 4.78 is 10.7. The highest BCUT2D eigenvalue weighted by Crippen LogP contribution is 2.35. The topological polar surface area (TPSA) is 88.7 Å². The second-order valence-corrected chi connectivity index (χ2v) is 6.09. The smallest absolute Gasteiger partial charge is 0.323 e. The lowest BCUT2D eigenvalue weighted by Gasteiger charge is -2.31. The number of fused-ring (bicyclic) bond motifs is 1. The van der Waals surface area contributed by atoms with Gasteiger partial charge >= 0.3 is 6.03 Å². The molecule has 0 spiro atoms. The molecule has 1 aliphatic heterocycles. The Kier molecular flexibility index (Phi) is 4.22. The monoisotopic (exact) mass is 341 g/mol. The lowest BCUT2D eigenvalue weighted by molar-refractivity contribution is -0.129. The number of rotatable bonds is 3. The SMILES string of the molecule is COc1ccc(NC(=O)Nc2ccc3c(c2)NC(=O)C(C)(C)O3)cc1. The molecular formula is C18H19N3O4. The van der Waals surface area contributed by atoms with Gasteiger partial charge in [-0.25, -0.2) is 4.79 Å². The third-order valence-corrected chi connectivity index (χ3v) is 3.75. The largest absolute Gasteiger partial charge is 0.497 e. The maximum absolute atomic E-state index is 12.1. The number of ether oxygens (including phenoxy) is 2. The Labute approximate surface area is 145 Å². The first kappa shape index (κ1) is 16.6. The molecule has 2 aromatic rings. The average Bonchev–Trinajstić information content (AvgIpc) is 2.56. The summed E-state index contributed by atoms with van der Waals surface area (Å²) in [6.07, 6.45) is 0. The molecule has 1 heterocycles. The van der Waals surface area contributed by atoms with Crippen molar-refractivity contribution in [2.45, 2.75) is 19.4 Å². The predicted octanol–water partition coefficient (Wildman–Crippen LogP) is 3.45. The van der Waals surface area contributed by atoms with Crippen molar-refractivity contribution in [2.75, 3.05) is 23.1 Å². The summed E-state index contributed by atoms with van der Waals surface area (Å²) in [5.74, 6) is 1.03. The number of methoxy groups -OCH3 is 1. The third-order valence-electron chi connectivity index (χ3n) is 3.75. The van der Waals surface area contributed by atoms with Crippen LogP contribution in [-0.4, -0.2) is 24.6 Å². The van der Waals surface area contributed by atoms with E-state index in [2.05, 4.69) is 16.0 Å². The lowest BCUT2D eigenvalue weighted by atomic mass is 10.1. The van der Waals surface area contributed by atoms with Crippen LogP contribution in [-0.2, 0) is 4.79 Å². The Morgan fingerprint density at radius 2 is 1.72 bits per heavy atom. The van der Waals surface area contributed by atoms with E-state index in [1.54, 1.807) is 63.4 Å². The van der Waals surface area contributed by atoms with E-state index in [0.717, 1.165) is 0 Å². The number of nitrogens with one attached hydrogen (secondary N) is 3. The van der Waals surface area contributed by atoms with Crippen LogP contribution in [0.25, 0.3) is 0 Å². The maximum atomic E-state index is 12.1. The summed E-state index contributed by atoms with van der Waals surface area (Å²) in [5.41, 5.74) is 0.767. The van der Waals surface area contributed by atoms with Crippen LogP contribution in [0.4, 0.5) is 21.9 Å². The standard InChI is InChI=1S/C18H19N3O4/c1-18(2)16(22)21-14-10-12(6-9-15(14)25-18)20-17(23)19-11-4-7-13(24-3)8-5-11/h4-10H,1-3H3,(H,21,22)(H2,19,20,23). The minimum Gasteiger partial charge on any atom is -0.497 e. The second kappa shape index (κ2) is 6.35. The van der Waals surface area contributed by atoms with Gasteiger partial charge in [-0.3, -0.25) is 4.79 Å². The Morgan fingerprint density at radius 3 is 2.40 bits per heavy atom. The molecule has 0 bridgehead atoms. The van der Waals surface area contributed by atoms with Gasteiger partial charge in [-0.1, -0.05) is 0 Å². The molecule has 0 aliphatic carbocycles. The van der Waals surface area contributed by atoms with Crippen molar-refractivity contribution in [3.05, 3.63) is 42.5 Å². The molecule has 7 heteroatoms. The molecule has 1 aliphatic rings. The zero-order chi connectivity index (χ0) is 18.0. The van der Waals surface area contributed by atoms with Gasteiger partial charge in [-0.15, -0.1) is 0 Å². The van der Waals surface area contributed by atoms with Gasteiger partial charge in [0.15, 0.2) is 5.60 Å². The van der Waals surface area contributed by atoms with Gasteiger partial charge in [-0.05, 0) is 56.3 Å². The maximum Gasteiger partial charge on any atom is 0.323 e. The van der Waals surface area contributed by atoms with E-state index >= 15 is 0 Å². The normalized spacial score (nSPS) is 14.6. The van der Waals surface area contributed by atoms with Gasteiger partial charge in [0.05, 0.1) is 12.8 Å². The van der Waals surface area contributed by atoms with Crippen molar-refractivity contribution >= 4 is 29.0 Å². The molecule has 0 fully saturated rings. The number of hydrogen-bond donors (Lipinski definition) is 3. The first-order valence-corrected chi connectivity index (χ1v) is 7.74. The number of hydrogen-bond acceptors (Lipinski definition) is 4. The van der Waals surface area contributed by atoms with Crippen LogP contribution in [0, 0.1) is 0 Å². The number of carbonyl (C=O) groups excluding carboxylic acids is 2. The van der Waals surface area contributed by atoms with Crippen LogP contribution in [0.5, 0.6) is 11.5 Å². The van der Waals surface area contributed by atoms with Crippen molar-refractivity contribution in [2.24, 2.45) is 0 Å². The summed E-state index contributed by atoms with van der Waals surface area (Å²) in [5, 5.41) is 8.21. The van der Waals surface area contributed by atoms with Crippen LogP contribution in [0.15, 0.2) is 42.5 Å². The molecule has 2 aromatic carbocycles. The zero-order valence-corrected chi connectivity index (χ0v) is 14.2. The Bertz CT molecular complexity index is 816. The van der Waals surface area contributed by atoms with E-state index in [9.17, 15) is 9.59 Å². The molecule has 0 aromatic heterocycles. The van der Waals surface area contributed by atoms with E-state index in [-0.39, 0.29) is 5.91 Å². The lowest BCUT2D eigenvalue weighted by Crippen LogP contribution is -2.45. The molecule has 130 valence electrons. The molecule has 3 amide bonds. The predicted molar refractivity (Wildman–Crippen MR) is 95.4 cm³/mol. The minimum atomic E-state index is -0.923. The molecule has 7 nitrogen and oxygen atoms in total. The van der Waals surface area contributed by atoms with Crippen molar-refractivity contribution in [3.63, 3.8) is 0 Å². The van der Waals surface area contributed by atoms with Crippen molar-refractivity contribution in [3.8, 4) is 11.5 Å². The molecule has 0 saturated heterocycles. The highest BCUT2D eigenvalue weighted by atomic mass is 16.5. The van der Waals surface area contributed by atoms with E-state index in [1.165, 1.54) is 0 Å². The minimum absolute atomic E-state index is 0.236. The van der Waals surface area contributed by atoms with E-state index in [4.69, 9.17) is 9.47 Å². The molecule has 0 radical (unpaired) electrons. The molecule has 3 N–H and O–H groups in total. The summed E-state index contributed by atoms with van der Waals surface area (Å²) in [6, 6.07) is 11.7. The highest BCUT2D eigenvalue weighted by molar-refractivity contribution is 6.03. The number of anilines is 3. The Hall–Kier alpha value is -3.22. The third kappa shape index (κ3) is 3.65. The second-order valence-electron chi connectivity index (χ2n) is 6.09. The van der Waals surface area contributed by atoms with Gasteiger partial charge in [0.2, 0.25) is 0 Å². The summed E-state index contributed by atoms with van der Waals surface area (Å²) in [7, 11) is 1.58. The van der Waals surface area contributed by atoms with Crippen LogP contribution >= 0.6 is 0 Å². The molecular weight excluding hydrogens is 322 g/mol. The Balaban J connectivity index is 1.68. The van der Waals surface area contributed by atoms with E-state index in [1.807, 2.05) is 0 Å². The van der Waals surface area contributed by atoms with Gasteiger partial charge in [0.1, 0.15) is 11.5 Å². The fraction of sp³-hybridized carbons (Fsp3) is 0.222. The fourth-order valence-corrected chi connectivity index (χ4v) is 2.36. The van der Waals surface area contributed by atoms with Crippen LogP contribution < -0.4 is 25.4 Å². The van der Waals surface area contributed by atoms with Gasteiger partial charge in [-0.2, -0.15) is 0 Å². The highest BCUT2D eigenvalue weighted by Gasteiger charge is 2.35. The fourth-order valence-electron chi connectivity index (χ4n) is 2.36. The summed E-state index contributed by atoms with van der Waals surface area (Å²) in [6.45, 7) is 3.39. The van der Waals surface area contributed by atoms with Crippen LogP contribution in [0.3, 0.4) is 0 Å². The number of amides is 3. The zero-order valence-electron chi connectivity index (χ0n) is 14.2. The molecule has 0 saturated carbocycles. The number of carbonyl (C=O) groups is 2. The quantitative estimate of drug-likeness (QED) is 0.798. The molecule has 0 atom stereocenters. The number of urea groups is 1. The van der Waals surface area contributed by atoms with E-state index < -0.39 is 11.6 Å². The van der Waals surface area contributed by atoms with E-state index in [0.29, 0.717) is 28.6 Å². The van der Waals surface area contributed by atoms with Crippen LogP contribution in [0.1, 0.15) is 13.8 Å². The van der Waals surface area contributed by atoms with Crippen molar-refractivity contribution < 1.29 is 19.1 Å². The molecule has 0 unspecified atom stereocenters. The average molecular weight is 341 g/mol. The summed E-state index contributed by atoms with van der Waals surface area (Å²) >= 11 is 0. The van der Waals surface area contributed by atoms with Crippen molar-refractivity contribution in [1.82, 2.24) is 0 Å². The molecule has 3 rings (SSSR count). The van der Waals surface area contributed by atoms with Crippen LogP contribution in [0.2, 0.25) is 0 Å². The number of benzene rings is 2. The first-order chi connectivity index (χ1) is 11.9. The molecule has 25 heavy (non-hydrogen) atoms. The van der Waals surface area contributed by atoms with Crippen molar-refractivity contribution in [1.29, 1.82) is 0 Å².